The summed E-state index contributed by atoms with van der Waals surface area (Å²) in [6, 6.07) is 6.10. The molecule has 0 saturated carbocycles. The van der Waals surface area contributed by atoms with Gasteiger partial charge in [0.15, 0.2) is 0 Å². The first-order valence-corrected chi connectivity index (χ1v) is 4.67. The van der Waals surface area contributed by atoms with E-state index in [2.05, 4.69) is 27.8 Å². The molecule has 0 N–H and O–H groups in total. The van der Waals surface area contributed by atoms with Crippen LogP contribution in [0.2, 0.25) is 0 Å². The van der Waals surface area contributed by atoms with Crippen molar-refractivity contribution in [2.24, 2.45) is 0 Å². The van der Waals surface area contributed by atoms with Gasteiger partial charge < -0.3 is 0 Å². The average molecular weight is 252 g/mol. The lowest BCUT2D eigenvalue weighted by Crippen LogP contribution is -1.86. The molecule has 1 aromatic rings. The van der Waals surface area contributed by atoms with Crippen molar-refractivity contribution in [3.63, 3.8) is 0 Å². The standard InChI is InChI=1S/C10H6BrNO2/c11-8-2-1-3-9-4-6-10(7-5-9)12(13)14/h2,4-8H/b8-2+. The number of halogens is 1. The molecule has 0 saturated heterocycles. The van der Waals surface area contributed by atoms with Gasteiger partial charge in [0.25, 0.3) is 5.69 Å². The second kappa shape index (κ2) is 5.20. The fourth-order valence-electron chi connectivity index (χ4n) is 0.823. The number of nitro groups is 1. The Hall–Kier alpha value is -1.60. The van der Waals surface area contributed by atoms with Crippen molar-refractivity contribution in [1.29, 1.82) is 0 Å². The molecule has 0 aliphatic rings. The third-order valence-electron chi connectivity index (χ3n) is 1.44. The Labute approximate surface area is 89.7 Å². The second-order valence-corrected chi connectivity index (χ2v) is 2.89. The molecule has 70 valence electrons. The molecule has 4 heteroatoms. The highest BCUT2D eigenvalue weighted by Crippen LogP contribution is 2.10. The van der Waals surface area contributed by atoms with Crippen molar-refractivity contribution in [3.8, 4) is 11.8 Å². The summed E-state index contributed by atoms with van der Waals surface area (Å²) in [6.45, 7) is 0. The number of benzene rings is 1. The normalized spacial score (nSPS) is 9.50. The summed E-state index contributed by atoms with van der Waals surface area (Å²) in [5, 5.41) is 10.3. The molecule has 14 heavy (non-hydrogen) atoms. The number of non-ortho nitro benzene ring substituents is 1. The Morgan fingerprint density at radius 3 is 2.50 bits per heavy atom. The van der Waals surface area contributed by atoms with Gasteiger partial charge in [0.05, 0.1) is 4.92 Å². The highest BCUT2D eigenvalue weighted by atomic mass is 79.9. The molecule has 0 aliphatic heterocycles. The fourth-order valence-corrected chi connectivity index (χ4v) is 0.955. The molecule has 3 nitrogen and oxygen atoms in total. The smallest absolute Gasteiger partial charge is 0.258 e. The van der Waals surface area contributed by atoms with Crippen LogP contribution < -0.4 is 0 Å². The van der Waals surface area contributed by atoms with Crippen molar-refractivity contribution >= 4 is 21.6 Å². The summed E-state index contributed by atoms with van der Waals surface area (Å²) in [4.78, 5) is 11.5. The van der Waals surface area contributed by atoms with E-state index in [4.69, 9.17) is 0 Å². The van der Waals surface area contributed by atoms with Gasteiger partial charge in [-0.05, 0) is 23.2 Å². The van der Waals surface area contributed by atoms with Gasteiger partial charge in [-0.15, -0.1) is 0 Å². The van der Waals surface area contributed by atoms with E-state index in [9.17, 15) is 10.1 Å². The molecule has 0 aliphatic carbocycles. The predicted octanol–water partition coefficient (Wildman–Crippen LogP) is 2.85. The van der Waals surface area contributed by atoms with E-state index in [0.717, 1.165) is 5.56 Å². The maximum absolute atomic E-state index is 10.3. The summed E-state index contributed by atoms with van der Waals surface area (Å²) in [7, 11) is 0. The summed E-state index contributed by atoms with van der Waals surface area (Å²) < 4.78 is 0. The van der Waals surface area contributed by atoms with Crippen LogP contribution in [0.1, 0.15) is 5.56 Å². The quantitative estimate of drug-likeness (QED) is 0.438. The molecule has 0 bridgehead atoms. The van der Waals surface area contributed by atoms with Crippen molar-refractivity contribution < 1.29 is 4.92 Å². The van der Waals surface area contributed by atoms with Gasteiger partial charge in [-0.1, -0.05) is 27.8 Å². The summed E-state index contributed by atoms with van der Waals surface area (Å²) >= 11 is 3.08. The maximum atomic E-state index is 10.3. The molecule has 0 aromatic heterocycles. The first-order chi connectivity index (χ1) is 6.74. The number of allylic oxidation sites excluding steroid dienone is 1. The third-order valence-corrected chi connectivity index (χ3v) is 1.71. The van der Waals surface area contributed by atoms with Gasteiger partial charge in [-0.3, -0.25) is 10.1 Å². The molecule has 0 spiro atoms. The Morgan fingerprint density at radius 1 is 1.36 bits per heavy atom. The van der Waals surface area contributed by atoms with Gasteiger partial charge in [-0.25, -0.2) is 0 Å². The number of hydrogen-bond donors (Lipinski definition) is 0. The summed E-state index contributed by atoms with van der Waals surface area (Å²) in [5.74, 6) is 5.58. The van der Waals surface area contributed by atoms with Crippen molar-refractivity contribution in [3.05, 3.63) is 51.0 Å². The average Bonchev–Trinajstić information content (AvgIpc) is 2.19. The van der Waals surface area contributed by atoms with E-state index in [0.29, 0.717) is 0 Å². The topological polar surface area (TPSA) is 43.1 Å². The fraction of sp³-hybridized carbons (Fsp3) is 0. The number of nitrogens with zero attached hydrogens (tertiary/aromatic N) is 1. The Morgan fingerprint density at radius 2 is 2.00 bits per heavy atom. The van der Waals surface area contributed by atoms with Gasteiger partial charge in [0.1, 0.15) is 0 Å². The zero-order valence-corrected chi connectivity index (χ0v) is 8.69. The molecule has 0 radical (unpaired) electrons. The van der Waals surface area contributed by atoms with Crippen LogP contribution in [0.15, 0.2) is 35.3 Å². The first-order valence-electron chi connectivity index (χ1n) is 3.75. The molecule has 0 atom stereocenters. The van der Waals surface area contributed by atoms with Crippen LogP contribution in [-0.4, -0.2) is 4.92 Å². The minimum Gasteiger partial charge on any atom is -0.258 e. The lowest BCUT2D eigenvalue weighted by atomic mass is 10.2. The highest BCUT2D eigenvalue weighted by Gasteiger charge is 2.01. The van der Waals surface area contributed by atoms with Crippen LogP contribution in [-0.2, 0) is 0 Å². The molecule has 0 fully saturated rings. The van der Waals surface area contributed by atoms with E-state index in [1.807, 2.05) is 0 Å². The van der Waals surface area contributed by atoms with Gasteiger partial charge in [0.2, 0.25) is 0 Å². The van der Waals surface area contributed by atoms with Crippen molar-refractivity contribution in [1.82, 2.24) is 0 Å². The molecular weight excluding hydrogens is 246 g/mol. The van der Waals surface area contributed by atoms with E-state index >= 15 is 0 Å². The zero-order chi connectivity index (χ0) is 10.4. The lowest BCUT2D eigenvalue weighted by Gasteiger charge is -1.90. The van der Waals surface area contributed by atoms with Crippen LogP contribution >= 0.6 is 15.9 Å². The van der Waals surface area contributed by atoms with Gasteiger partial charge in [-0.2, -0.15) is 0 Å². The second-order valence-electron chi connectivity index (χ2n) is 2.37. The van der Waals surface area contributed by atoms with E-state index in [1.54, 1.807) is 23.2 Å². The molecule has 1 aromatic carbocycles. The van der Waals surface area contributed by atoms with Crippen molar-refractivity contribution in [2.45, 2.75) is 0 Å². The van der Waals surface area contributed by atoms with Crippen LogP contribution in [0.3, 0.4) is 0 Å². The molecule has 0 heterocycles. The Bertz CT molecular complexity index is 412. The minimum atomic E-state index is -0.435. The zero-order valence-electron chi connectivity index (χ0n) is 7.11. The van der Waals surface area contributed by atoms with Crippen molar-refractivity contribution in [2.75, 3.05) is 0 Å². The predicted molar refractivity (Wildman–Crippen MR) is 58.0 cm³/mol. The largest absolute Gasteiger partial charge is 0.269 e. The SMILES string of the molecule is O=[N+]([O-])c1ccc(C#C/C=C/Br)cc1. The summed E-state index contributed by atoms with van der Waals surface area (Å²) in [6.07, 6.45) is 1.64. The molecule has 0 unspecified atom stereocenters. The molecule has 1 rings (SSSR count). The highest BCUT2D eigenvalue weighted by molar-refractivity contribution is 9.11. The minimum absolute atomic E-state index is 0.0755. The maximum Gasteiger partial charge on any atom is 0.269 e. The number of hydrogen-bond acceptors (Lipinski definition) is 2. The number of rotatable bonds is 1. The Kier molecular flexibility index (Phi) is 3.89. The van der Waals surface area contributed by atoms with Crippen LogP contribution in [0.5, 0.6) is 0 Å². The monoisotopic (exact) mass is 251 g/mol. The Balaban J connectivity index is 2.85. The molecular formula is C10H6BrNO2. The van der Waals surface area contributed by atoms with Gasteiger partial charge in [0, 0.05) is 17.7 Å². The van der Waals surface area contributed by atoms with Crippen LogP contribution in [0.25, 0.3) is 0 Å². The first kappa shape index (κ1) is 10.5. The third kappa shape index (κ3) is 3.04. The van der Waals surface area contributed by atoms with Crippen LogP contribution in [0.4, 0.5) is 5.69 Å². The van der Waals surface area contributed by atoms with E-state index in [1.165, 1.54) is 12.1 Å². The van der Waals surface area contributed by atoms with E-state index in [-0.39, 0.29) is 5.69 Å². The van der Waals surface area contributed by atoms with E-state index < -0.39 is 4.92 Å². The lowest BCUT2D eigenvalue weighted by molar-refractivity contribution is -0.384. The van der Waals surface area contributed by atoms with Gasteiger partial charge >= 0.3 is 0 Å². The number of nitro benzene ring substituents is 1. The summed E-state index contributed by atoms with van der Waals surface area (Å²) in [5.41, 5.74) is 0.827. The molecule has 0 amide bonds. The van der Waals surface area contributed by atoms with Crippen LogP contribution in [0, 0.1) is 22.0 Å².